The Balaban J connectivity index is 1.38. The summed E-state index contributed by atoms with van der Waals surface area (Å²) in [5.74, 6) is 3.99. The number of rotatable bonds is 5. The molecule has 3 heterocycles. The molecule has 9 heteroatoms. The molecule has 2 amide bonds. The van der Waals surface area contributed by atoms with Crippen molar-refractivity contribution in [2.45, 2.75) is 19.8 Å². The molecular weight excluding hydrogens is 396 g/mol. The molecule has 2 aliphatic rings. The van der Waals surface area contributed by atoms with Crippen LogP contribution in [0.3, 0.4) is 0 Å². The average molecular weight is 427 g/mol. The third-order valence-electron chi connectivity index (χ3n) is 5.73. The molecule has 0 atom stereocenters. The van der Waals surface area contributed by atoms with Crippen molar-refractivity contribution in [1.29, 1.82) is 0 Å². The van der Waals surface area contributed by atoms with E-state index in [4.69, 9.17) is 9.47 Å². The minimum Gasteiger partial charge on any atom is -0.497 e. The molecule has 4 rings (SSSR count). The maximum absolute atomic E-state index is 12.8. The summed E-state index contributed by atoms with van der Waals surface area (Å²) in [6.45, 7) is 6.74. The van der Waals surface area contributed by atoms with Gasteiger partial charge in [-0.05, 0) is 19.8 Å². The van der Waals surface area contributed by atoms with Gasteiger partial charge in [-0.2, -0.15) is 0 Å². The molecule has 0 spiro atoms. The fourth-order valence-corrected chi connectivity index (χ4v) is 4.03. The Kier molecular flexibility index (Phi) is 6.29. The van der Waals surface area contributed by atoms with Crippen LogP contribution in [-0.4, -0.2) is 74.4 Å². The molecule has 0 radical (unpaired) electrons. The van der Waals surface area contributed by atoms with Crippen LogP contribution in [0.2, 0.25) is 0 Å². The van der Waals surface area contributed by atoms with E-state index in [2.05, 4.69) is 31.2 Å². The summed E-state index contributed by atoms with van der Waals surface area (Å²) in [5.41, 5.74) is 0.644. The number of aromatic nitrogens is 2. The zero-order valence-electron chi connectivity index (χ0n) is 18.4. The van der Waals surface area contributed by atoms with E-state index >= 15 is 0 Å². The van der Waals surface area contributed by atoms with Crippen LogP contribution in [-0.2, 0) is 0 Å². The molecule has 1 aromatic carbocycles. The number of piperazine rings is 1. The van der Waals surface area contributed by atoms with Crippen LogP contribution in [0.1, 0.15) is 18.7 Å². The first-order chi connectivity index (χ1) is 15.1. The molecule has 1 aromatic heterocycles. The van der Waals surface area contributed by atoms with E-state index in [1.54, 1.807) is 32.4 Å². The van der Waals surface area contributed by atoms with Gasteiger partial charge in [0.25, 0.3) is 0 Å². The lowest BCUT2D eigenvalue weighted by Crippen LogP contribution is -2.50. The van der Waals surface area contributed by atoms with Crippen molar-refractivity contribution in [3.8, 4) is 11.5 Å². The number of benzene rings is 1. The summed E-state index contributed by atoms with van der Waals surface area (Å²) in [4.78, 5) is 28.4. The van der Waals surface area contributed by atoms with Gasteiger partial charge in [0.1, 0.15) is 29.0 Å². The average Bonchev–Trinajstić information content (AvgIpc) is 3.33. The lowest BCUT2D eigenvalue weighted by atomic mass is 10.2. The summed E-state index contributed by atoms with van der Waals surface area (Å²) in [6.07, 6.45) is 2.43. The van der Waals surface area contributed by atoms with Gasteiger partial charge in [0.2, 0.25) is 0 Å². The van der Waals surface area contributed by atoms with Gasteiger partial charge in [-0.1, -0.05) is 0 Å². The second-order valence-electron chi connectivity index (χ2n) is 7.83. The van der Waals surface area contributed by atoms with E-state index < -0.39 is 0 Å². The number of nitrogens with zero attached hydrogens (tertiary/aromatic N) is 5. The molecule has 31 heavy (non-hydrogen) atoms. The molecular formula is C22H30N6O3. The molecule has 166 valence electrons. The number of carbonyl (C=O) groups excluding carboxylic acids is 1. The molecule has 0 saturated carbocycles. The molecule has 2 fully saturated rings. The Hall–Kier alpha value is -3.23. The van der Waals surface area contributed by atoms with Gasteiger partial charge in [0.15, 0.2) is 0 Å². The highest BCUT2D eigenvalue weighted by Gasteiger charge is 2.24. The van der Waals surface area contributed by atoms with E-state index in [1.807, 2.05) is 11.8 Å². The van der Waals surface area contributed by atoms with Gasteiger partial charge in [-0.25, -0.2) is 14.8 Å². The normalized spacial score (nSPS) is 16.4. The first-order valence-electron chi connectivity index (χ1n) is 10.7. The molecule has 2 aromatic rings. The Morgan fingerprint density at radius 1 is 0.839 bits per heavy atom. The molecule has 0 unspecified atom stereocenters. The van der Waals surface area contributed by atoms with Crippen LogP contribution in [0.5, 0.6) is 11.5 Å². The van der Waals surface area contributed by atoms with E-state index in [-0.39, 0.29) is 6.03 Å². The Bertz CT molecular complexity index is 901. The largest absolute Gasteiger partial charge is 0.497 e. The summed E-state index contributed by atoms with van der Waals surface area (Å²) in [7, 11) is 3.17. The fourth-order valence-electron chi connectivity index (χ4n) is 4.03. The highest BCUT2D eigenvalue weighted by molar-refractivity contribution is 5.90. The van der Waals surface area contributed by atoms with Gasteiger partial charge < -0.3 is 29.5 Å². The van der Waals surface area contributed by atoms with Gasteiger partial charge in [-0.3, -0.25) is 0 Å². The third-order valence-corrected chi connectivity index (χ3v) is 5.73. The van der Waals surface area contributed by atoms with Gasteiger partial charge >= 0.3 is 6.03 Å². The van der Waals surface area contributed by atoms with Crippen LogP contribution >= 0.6 is 0 Å². The minimum absolute atomic E-state index is 0.133. The molecule has 2 aliphatic heterocycles. The number of nitrogens with one attached hydrogen (secondary N) is 1. The van der Waals surface area contributed by atoms with Gasteiger partial charge in [0.05, 0.1) is 14.2 Å². The van der Waals surface area contributed by atoms with Gasteiger partial charge in [0, 0.05) is 69.2 Å². The van der Waals surface area contributed by atoms with E-state index in [0.29, 0.717) is 30.3 Å². The van der Waals surface area contributed by atoms with E-state index in [0.717, 1.165) is 43.6 Å². The van der Waals surface area contributed by atoms with E-state index in [1.165, 1.54) is 12.8 Å². The zero-order chi connectivity index (χ0) is 21.8. The topological polar surface area (TPSA) is 83.1 Å². The first-order valence-corrected chi connectivity index (χ1v) is 10.7. The second kappa shape index (κ2) is 9.28. The summed E-state index contributed by atoms with van der Waals surface area (Å²) in [6, 6.07) is 7.28. The quantitative estimate of drug-likeness (QED) is 0.787. The van der Waals surface area contributed by atoms with Crippen LogP contribution in [0.25, 0.3) is 0 Å². The van der Waals surface area contributed by atoms with Crippen molar-refractivity contribution in [2.75, 3.05) is 68.6 Å². The van der Waals surface area contributed by atoms with Crippen molar-refractivity contribution < 1.29 is 14.3 Å². The number of methoxy groups -OCH3 is 2. The number of anilines is 3. The lowest BCUT2D eigenvalue weighted by Gasteiger charge is -2.35. The zero-order valence-corrected chi connectivity index (χ0v) is 18.4. The predicted molar refractivity (Wildman–Crippen MR) is 121 cm³/mol. The van der Waals surface area contributed by atoms with Gasteiger partial charge in [-0.15, -0.1) is 0 Å². The second-order valence-corrected chi connectivity index (χ2v) is 7.83. The third kappa shape index (κ3) is 4.92. The standard InChI is InChI=1S/C22H30N6O3/c1-16-23-20(26-6-4-5-7-26)15-21(24-16)27-8-10-28(11-9-27)22(29)25-17-12-18(30-2)14-19(13-17)31-3/h12-15H,4-11H2,1-3H3,(H,25,29). The fraction of sp³-hybridized carbons (Fsp3) is 0.500. The van der Waals surface area contributed by atoms with Crippen molar-refractivity contribution in [3.63, 3.8) is 0 Å². The van der Waals surface area contributed by atoms with Crippen LogP contribution in [0.15, 0.2) is 24.3 Å². The maximum atomic E-state index is 12.8. The molecule has 9 nitrogen and oxygen atoms in total. The maximum Gasteiger partial charge on any atom is 0.321 e. The van der Waals surface area contributed by atoms with Crippen molar-refractivity contribution in [3.05, 3.63) is 30.1 Å². The summed E-state index contributed by atoms with van der Waals surface area (Å²) < 4.78 is 10.6. The monoisotopic (exact) mass is 426 g/mol. The number of hydrogen-bond acceptors (Lipinski definition) is 7. The highest BCUT2D eigenvalue weighted by Crippen LogP contribution is 2.27. The van der Waals surface area contributed by atoms with Crippen LogP contribution in [0, 0.1) is 6.92 Å². The number of urea groups is 1. The highest BCUT2D eigenvalue weighted by atomic mass is 16.5. The van der Waals surface area contributed by atoms with E-state index in [9.17, 15) is 4.79 Å². The summed E-state index contributed by atoms with van der Waals surface area (Å²) in [5, 5.41) is 2.95. The molecule has 2 saturated heterocycles. The minimum atomic E-state index is -0.133. The molecule has 0 aliphatic carbocycles. The predicted octanol–water partition coefficient (Wildman–Crippen LogP) is 2.76. The lowest BCUT2D eigenvalue weighted by molar-refractivity contribution is 0.208. The molecule has 0 bridgehead atoms. The summed E-state index contributed by atoms with van der Waals surface area (Å²) >= 11 is 0. The molecule has 1 N–H and O–H groups in total. The van der Waals surface area contributed by atoms with Crippen molar-refractivity contribution in [1.82, 2.24) is 14.9 Å². The Labute approximate surface area is 183 Å². The number of carbonyl (C=O) groups is 1. The first kappa shape index (κ1) is 21.0. The van der Waals surface area contributed by atoms with Crippen LogP contribution in [0.4, 0.5) is 22.1 Å². The SMILES string of the molecule is COc1cc(NC(=O)N2CCN(c3cc(N4CCCC4)nc(C)n3)CC2)cc(OC)c1. The number of hydrogen-bond donors (Lipinski definition) is 1. The van der Waals surface area contributed by atoms with Crippen molar-refractivity contribution >= 4 is 23.4 Å². The van der Waals surface area contributed by atoms with Crippen molar-refractivity contribution in [2.24, 2.45) is 0 Å². The van der Waals surface area contributed by atoms with Crippen LogP contribution < -0.4 is 24.6 Å². The Morgan fingerprint density at radius 2 is 1.39 bits per heavy atom. The number of amides is 2. The smallest absolute Gasteiger partial charge is 0.321 e. The number of aryl methyl sites for hydroxylation is 1. The Morgan fingerprint density at radius 3 is 1.94 bits per heavy atom. The number of ether oxygens (including phenoxy) is 2.